The molecule has 1 rings (SSSR count). The second-order valence-corrected chi connectivity index (χ2v) is 4.82. The maximum absolute atomic E-state index is 12.1. The summed E-state index contributed by atoms with van der Waals surface area (Å²) >= 11 is 0. The predicted octanol–water partition coefficient (Wildman–Crippen LogP) is -0.344. The molecule has 0 aromatic rings. The molecule has 0 saturated carbocycles. The molecule has 1 saturated heterocycles. The van der Waals surface area contributed by atoms with Crippen molar-refractivity contribution in [2.24, 2.45) is 11.7 Å². The van der Waals surface area contributed by atoms with Crippen LogP contribution in [0.2, 0.25) is 0 Å². The largest absolute Gasteiger partial charge is 0.379 e. The van der Waals surface area contributed by atoms with Gasteiger partial charge in [-0.25, -0.2) is 0 Å². The van der Waals surface area contributed by atoms with Crippen LogP contribution >= 0.6 is 0 Å². The average molecular weight is 268 g/mol. The summed E-state index contributed by atoms with van der Waals surface area (Å²) in [6.07, 6.45) is 0.367. The number of morpholine rings is 1. The van der Waals surface area contributed by atoms with E-state index in [1.54, 1.807) is 4.90 Å². The van der Waals surface area contributed by atoms with Crippen molar-refractivity contribution in [2.45, 2.75) is 13.3 Å². The quantitative estimate of drug-likeness (QED) is 0.683. The Labute approximate surface area is 115 Å². The molecule has 108 valence electrons. The van der Waals surface area contributed by atoms with E-state index in [4.69, 9.17) is 15.7 Å². The van der Waals surface area contributed by atoms with Gasteiger partial charge in [-0.2, -0.15) is 5.26 Å². The van der Waals surface area contributed by atoms with Crippen molar-refractivity contribution >= 4 is 5.91 Å². The molecule has 0 radical (unpaired) electrons. The number of hydrogen-bond acceptors (Lipinski definition) is 5. The number of carbonyl (C=O) groups is 1. The van der Waals surface area contributed by atoms with Crippen LogP contribution < -0.4 is 5.73 Å². The molecule has 1 fully saturated rings. The van der Waals surface area contributed by atoms with Gasteiger partial charge in [-0.05, 0) is 0 Å². The molecule has 1 amide bonds. The summed E-state index contributed by atoms with van der Waals surface area (Å²) in [5.74, 6) is -0.130. The maximum atomic E-state index is 12.1. The van der Waals surface area contributed by atoms with Crippen LogP contribution in [0.3, 0.4) is 0 Å². The van der Waals surface area contributed by atoms with Crippen molar-refractivity contribution < 1.29 is 9.53 Å². The van der Waals surface area contributed by atoms with Gasteiger partial charge in [-0.3, -0.25) is 9.69 Å². The second kappa shape index (κ2) is 8.86. The van der Waals surface area contributed by atoms with E-state index >= 15 is 0 Å². The van der Waals surface area contributed by atoms with E-state index in [0.717, 1.165) is 32.8 Å². The number of rotatable bonds is 7. The van der Waals surface area contributed by atoms with Crippen molar-refractivity contribution in [3.63, 3.8) is 0 Å². The fraction of sp³-hybridized carbons (Fsp3) is 0.846. The number of carbonyl (C=O) groups excluding carboxylic acids is 1. The highest BCUT2D eigenvalue weighted by molar-refractivity contribution is 5.78. The van der Waals surface area contributed by atoms with Gasteiger partial charge < -0.3 is 15.4 Å². The molecule has 1 aliphatic rings. The Morgan fingerprint density at radius 3 is 2.74 bits per heavy atom. The number of nitriles is 1. The van der Waals surface area contributed by atoms with Crippen LogP contribution in [0, 0.1) is 17.2 Å². The average Bonchev–Trinajstić information content (AvgIpc) is 2.47. The lowest BCUT2D eigenvalue weighted by molar-refractivity contribution is -0.135. The third kappa shape index (κ3) is 5.55. The van der Waals surface area contributed by atoms with Crippen molar-refractivity contribution in [3.05, 3.63) is 0 Å². The minimum atomic E-state index is -0.177. The van der Waals surface area contributed by atoms with Crippen LogP contribution in [0.15, 0.2) is 0 Å². The second-order valence-electron chi connectivity index (χ2n) is 4.82. The SMILES string of the molecule is CC(CN)C(=O)N(CCC#N)CCN1CCOCC1. The zero-order valence-electron chi connectivity index (χ0n) is 11.7. The molecule has 1 aliphatic heterocycles. The molecule has 0 aromatic heterocycles. The number of amides is 1. The zero-order chi connectivity index (χ0) is 14.1. The third-order valence-electron chi connectivity index (χ3n) is 3.37. The van der Waals surface area contributed by atoms with Gasteiger partial charge in [0.25, 0.3) is 0 Å². The van der Waals surface area contributed by atoms with Gasteiger partial charge in [0.15, 0.2) is 0 Å². The normalized spacial score (nSPS) is 17.7. The Kier molecular flexibility index (Phi) is 7.41. The highest BCUT2D eigenvalue weighted by Gasteiger charge is 2.20. The minimum Gasteiger partial charge on any atom is -0.379 e. The zero-order valence-corrected chi connectivity index (χ0v) is 11.7. The summed E-state index contributed by atoms with van der Waals surface area (Å²) in [5, 5.41) is 8.67. The van der Waals surface area contributed by atoms with E-state index in [1.165, 1.54) is 0 Å². The molecule has 1 unspecified atom stereocenters. The van der Waals surface area contributed by atoms with E-state index in [-0.39, 0.29) is 11.8 Å². The fourth-order valence-corrected chi connectivity index (χ4v) is 2.02. The first-order valence-corrected chi connectivity index (χ1v) is 6.85. The number of nitrogens with zero attached hydrogens (tertiary/aromatic N) is 3. The van der Waals surface area contributed by atoms with E-state index in [2.05, 4.69) is 11.0 Å². The van der Waals surface area contributed by atoms with Crippen LogP contribution in [0.1, 0.15) is 13.3 Å². The van der Waals surface area contributed by atoms with Gasteiger partial charge in [0.05, 0.1) is 25.7 Å². The summed E-state index contributed by atoms with van der Waals surface area (Å²) in [6.45, 7) is 7.48. The van der Waals surface area contributed by atoms with Crippen molar-refractivity contribution in [2.75, 3.05) is 52.5 Å². The first-order valence-electron chi connectivity index (χ1n) is 6.85. The van der Waals surface area contributed by atoms with E-state index in [9.17, 15) is 4.79 Å². The Bertz CT molecular complexity index is 310. The Hall–Kier alpha value is -1.16. The van der Waals surface area contributed by atoms with Gasteiger partial charge >= 0.3 is 0 Å². The molecule has 0 bridgehead atoms. The van der Waals surface area contributed by atoms with Crippen LogP contribution in [0.25, 0.3) is 0 Å². The Morgan fingerprint density at radius 2 is 2.16 bits per heavy atom. The van der Waals surface area contributed by atoms with Gasteiger partial charge in [-0.15, -0.1) is 0 Å². The molecule has 0 aromatic carbocycles. The lowest BCUT2D eigenvalue weighted by Crippen LogP contribution is -2.45. The van der Waals surface area contributed by atoms with Gasteiger partial charge in [-0.1, -0.05) is 6.92 Å². The van der Waals surface area contributed by atoms with Crippen LogP contribution in [0.4, 0.5) is 0 Å². The summed E-state index contributed by atoms with van der Waals surface area (Å²) < 4.78 is 5.29. The van der Waals surface area contributed by atoms with Gasteiger partial charge in [0.2, 0.25) is 5.91 Å². The van der Waals surface area contributed by atoms with E-state index in [1.807, 2.05) is 6.92 Å². The first kappa shape index (κ1) is 15.9. The minimum absolute atomic E-state index is 0.0472. The topological polar surface area (TPSA) is 82.6 Å². The number of ether oxygens (including phenoxy) is 1. The molecular formula is C13H24N4O2. The molecular weight excluding hydrogens is 244 g/mol. The van der Waals surface area contributed by atoms with E-state index < -0.39 is 0 Å². The van der Waals surface area contributed by atoms with Crippen molar-refractivity contribution in [1.82, 2.24) is 9.80 Å². The molecule has 6 nitrogen and oxygen atoms in total. The predicted molar refractivity (Wildman–Crippen MR) is 72.3 cm³/mol. The monoisotopic (exact) mass is 268 g/mol. The van der Waals surface area contributed by atoms with Crippen LogP contribution in [0.5, 0.6) is 0 Å². The summed E-state index contributed by atoms with van der Waals surface area (Å²) in [4.78, 5) is 16.2. The summed E-state index contributed by atoms with van der Waals surface area (Å²) in [7, 11) is 0. The molecule has 19 heavy (non-hydrogen) atoms. The lowest BCUT2D eigenvalue weighted by atomic mass is 10.1. The standard InChI is InChI=1S/C13H24N4O2/c1-12(11-15)13(18)17(4-2-3-14)6-5-16-7-9-19-10-8-16/h12H,2,4-11,15H2,1H3. The number of hydrogen-bond donors (Lipinski definition) is 1. The first-order chi connectivity index (χ1) is 9.19. The van der Waals surface area contributed by atoms with Gasteiger partial charge in [0.1, 0.15) is 0 Å². The third-order valence-corrected chi connectivity index (χ3v) is 3.37. The molecule has 6 heteroatoms. The van der Waals surface area contributed by atoms with Gasteiger partial charge in [0, 0.05) is 45.2 Å². The fourth-order valence-electron chi connectivity index (χ4n) is 2.02. The highest BCUT2D eigenvalue weighted by Crippen LogP contribution is 2.04. The molecule has 0 spiro atoms. The smallest absolute Gasteiger partial charge is 0.226 e. The van der Waals surface area contributed by atoms with Crippen molar-refractivity contribution in [1.29, 1.82) is 5.26 Å². The summed E-state index contributed by atoms with van der Waals surface area (Å²) in [5.41, 5.74) is 5.54. The van der Waals surface area contributed by atoms with Crippen molar-refractivity contribution in [3.8, 4) is 6.07 Å². The Morgan fingerprint density at radius 1 is 1.47 bits per heavy atom. The summed E-state index contributed by atoms with van der Waals surface area (Å²) in [6, 6.07) is 2.09. The number of nitrogens with two attached hydrogens (primary N) is 1. The Balaban J connectivity index is 2.44. The molecule has 1 atom stereocenters. The van der Waals surface area contributed by atoms with Crippen LogP contribution in [-0.4, -0.2) is 68.2 Å². The highest BCUT2D eigenvalue weighted by atomic mass is 16.5. The molecule has 0 aliphatic carbocycles. The van der Waals surface area contributed by atoms with Crippen LogP contribution in [-0.2, 0) is 9.53 Å². The molecule has 2 N–H and O–H groups in total. The lowest BCUT2D eigenvalue weighted by Gasteiger charge is -2.30. The maximum Gasteiger partial charge on any atom is 0.226 e. The van der Waals surface area contributed by atoms with E-state index in [0.29, 0.717) is 26.1 Å². The molecule has 1 heterocycles.